The van der Waals surface area contributed by atoms with Crippen molar-refractivity contribution >= 4 is 5.97 Å². The fraction of sp³-hybridized carbons (Fsp3) is 0.462. The summed E-state index contributed by atoms with van der Waals surface area (Å²) in [6.07, 6.45) is -0.188. The van der Waals surface area contributed by atoms with Gasteiger partial charge in [0.15, 0.2) is 6.10 Å². The Morgan fingerprint density at radius 2 is 1.88 bits per heavy atom. The highest BCUT2D eigenvalue weighted by atomic mass is 16.5. The molecule has 0 aliphatic rings. The number of benzene rings is 1. The lowest BCUT2D eigenvalue weighted by Gasteiger charge is -2.10. The Hall–Kier alpha value is -1.35. The number of methoxy groups -OCH3 is 1. The molecule has 0 spiro atoms. The van der Waals surface area contributed by atoms with E-state index in [1.807, 2.05) is 12.1 Å². The Morgan fingerprint density at radius 1 is 1.31 bits per heavy atom. The first kappa shape index (κ1) is 12.7. The standard InChI is InChI=1S/C13H18O3/c1-9(2)8-10-4-6-11(7-5-10)12(14)13(15)16-3/h4-7,9,12,14H,8H2,1-3H3. The Balaban J connectivity index is 2.74. The van der Waals surface area contributed by atoms with Gasteiger partial charge in [0.05, 0.1) is 7.11 Å². The number of carbonyl (C=O) groups is 1. The molecule has 0 bridgehead atoms. The zero-order valence-electron chi connectivity index (χ0n) is 9.93. The predicted octanol–water partition coefficient (Wildman–Crippen LogP) is 2.09. The summed E-state index contributed by atoms with van der Waals surface area (Å²) in [5.41, 5.74) is 1.77. The molecular formula is C13H18O3. The molecule has 0 amide bonds. The number of aliphatic hydroxyl groups excluding tert-OH is 1. The van der Waals surface area contributed by atoms with E-state index in [-0.39, 0.29) is 0 Å². The number of aliphatic hydroxyl groups is 1. The van der Waals surface area contributed by atoms with Gasteiger partial charge in [0, 0.05) is 0 Å². The van der Waals surface area contributed by atoms with Gasteiger partial charge in [-0.3, -0.25) is 0 Å². The molecule has 0 aliphatic carbocycles. The number of ether oxygens (including phenoxy) is 1. The summed E-state index contributed by atoms with van der Waals surface area (Å²) in [4.78, 5) is 11.1. The number of rotatable bonds is 4. The van der Waals surface area contributed by atoms with E-state index in [0.29, 0.717) is 11.5 Å². The summed E-state index contributed by atoms with van der Waals surface area (Å²) in [6.45, 7) is 4.30. The molecule has 0 heterocycles. The van der Waals surface area contributed by atoms with E-state index in [1.165, 1.54) is 12.7 Å². The van der Waals surface area contributed by atoms with Crippen LogP contribution in [0.25, 0.3) is 0 Å². The second-order valence-corrected chi connectivity index (χ2v) is 4.27. The van der Waals surface area contributed by atoms with Gasteiger partial charge < -0.3 is 9.84 Å². The zero-order valence-corrected chi connectivity index (χ0v) is 9.93. The molecule has 1 rings (SSSR count). The molecule has 0 aliphatic heterocycles. The smallest absolute Gasteiger partial charge is 0.339 e. The number of esters is 1. The Labute approximate surface area is 96.1 Å². The molecule has 1 unspecified atom stereocenters. The van der Waals surface area contributed by atoms with Crippen LogP contribution in [-0.2, 0) is 16.0 Å². The Morgan fingerprint density at radius 3 is 2.31 bits per heavy atom. The molecule has 1 aromatic rings. The highest BCUT2D eigenvalue weighted by Crippen LogP contribution is 2.16. The van der Waals surface area contributed by atoms with Crippen molar-refractivity contribution in [2.45, 2.75) is 26.4 Å². The first-order chi connectivity index (χ1) is 7.54. The lowest BCUT2D eigenvalue weighted by Crippen LogP contribution is -2.13. The summed E-state index contributed by atoms with van der Waals surface area (Å²) in [6, 6.07) is 7.39. The molecule has 16 heavy (non-hydrogen) atoms. The number of hydrogen-bond acceptors (Lipinski definition) is 3. The summed E-state index contributed by atoms with van der Waals surface area (Å²) < 4.78 is 4.47. The lowest BCUT2D eigenvalue weighted by molar-refractivity contribution is -0.150. The van der Waals surface area contributed by atoms with Crippen LogP contribution in [0.4, 0.5) is 0 Å². The highest BCUT2D eigenvalue weighted by Gasteiger charge is 2.17. The molecule has 0 aromatic heterocycles. The van der Waals surface area contributed by atoms with E-state index in [2.05, 4.69) is 18.6 Å². The monoisotopic (exact) mass is 222 g/mol. The summed E-state index contributed by atoms with van der Waals surface area (Å²) >= 11 is 0. The van der Waals surface area contributed by atoms with Crippen LogP contribution >= 0.6 is 0 Å². The van der Waals surface area contributed by atoms with Crippen molar-refractivity contribution in [1.29, 1.82) is 0 Å². The van der Waals surface area contributed by atoms with Gasteiger partial charge in [-0.25, -0.2) is 4.79 Å². The SMILES string of the molecule is COC(=O)C(O)c1ccc(CC(C)C)cc1. The molecule has 3 heteroatoms. The molecule has 1 aromatic carbocycles. The second kappa shape index (κ2) is 5.66. The van der Waals surface area contributed by atoms with Crippen LogP contribution in [0, 0.1) is 5.92 Å². The maximum atomic E-state index is 11.1. The first-order valence-corrected chi connectivity index (χ1v) is 5.39. The van der Waals surface area contributed by atoms with Crippen LogP contribution in [0.1, 0.15) is 31.1 Å². The van der Waals surface area contributed by atoms with E-state index >= 15 is 0 Å². The van der Waals surface area contributed by atoms with Crippen LogP contribution in [0.5, 0.6) is 0 Å². The normalized spacial score (nSPS) is 12.6. The molecular weight excluding hydrogens is 204 g/mol. The van der Waals surface area contributed by atoms with E-state index in [9.17, 15) is 9.90 Å². The molecule has 1 N–H and O–H groups in total. The quantitative estimate of drug-likeness (QED) is 0.793. The molecule has 3 nitrogen and oxygen atoms in total. The number of hydrogen-bond donors (Lipinski definition) is 1. The zero-order chi connectivity index (χ0) is 12.1. The minimum absolute atomic E-state index is 0.569. The van der Waals surface area contributed by atoms with Crippen LogP contribution in [-0.4, -0.2) is 18.2 Å². The van der Waals surface area contributed by atoms with E-state index < -0.39 is 12.1 Å². The van der Waals surface area contributed by atoms with E-state index in [4.69, 9.17) is 0 Å². The van der Waals surface area contributed by atoms with E-state index in [1.54, 1.807) is 12.1 Å². The van der Waals surface area contributed by atoms with Gasteiger partial charge in [0.1, 0.15) is 0 Å². The molecule has 88 valence electrons. The van der Waals surface area contributed by atoms with Crippen LogP contribution < -0.4 is 0 Å². The van der Waals surface area contributed by atoms with Crippen LogP contribution in [0.3, 0.4) is 0 Å². The van der Waals surface area contributed by atoms with Crippen LogP contribution in [0.2, 0.25) is 0 Å². The van der Waals surface area contributed by atoms with Gasteiger partial charge >= 0.3 is 5.97 Å². The van der Waals surface area contributed by atoms with Crippen molar-refractivity contribution in [1.82, 2.24) is 0 Å². The molecule has 0 saturated carbocycles. The molecule has 0 fully saturated rings. The molecule has 1 atom stereocenters. The largest absolute Gasteiger partial charge is 0.467 e. The number of carbonyl (C=O) groups excluding carboxylic acids is 1. The Bertz CT molecular complexity index is 341. The molecule has 0 saturated heterocycles. The van der Waals surface area contributed by atoms with Gasteiger partial charge in [-0.2, -0.15) is 0 Å². The van der Waals surface area contributed by atoms with E-state index in [0.717, 1.165) is 6.42 Å². The minimum Gasteiger partial charge on any atom is -0.467 e. The maximum Gasteiger partial charge on any atom is 0.339 e. The fourth-order valence-electron chi connectivity index (χ4n) is 1.56. The third kappa shape index (κ3) is 3.35. The van der Waals surface area contributed by atoms with Gasteiger partial charge in [-0.05, 0) is 23.5 Å². The van der Waals surface area contributed by atoms with Gasteiger partial charge in [-0.1, -0.05) is 38.1 Å². The van der Waals surface area contributed by atoms with Crippen molar-refractivity contribution in [2.75, 3.05) is 7.11 Å². The van der Waals surface area contributed by atoms with Crippen LogP contribution in [0.15, 0.2) is 24.3 Å². The van der Waals surface area contributed by atoms with Gasteiger partial charge in [-0.15, -0.1) is 0 Å². The van der Waals surface area contributed by atoms with Gasteiger partial charge in [0.2, 0.25) is 0 Å². The maximum absolute atomic E-state index is 11.1. The topological polar surface area (TPSA) is 46.5 Å². The second-order valence-electron chi connectivity index (χ2n) is 4.27. The van der Waals surface area contributed by atoms with Crippen molar-refractivity contribution in [3.8, 4) is 0 Å². The fourth-order valence-corrected chi connectivity index (χ4v) is 1.56. The Kier molecular flexibility index (Phi) is 4.50. The lowest BCUT2D eigenvalue weighted by atomic mass is 10.0. The third-order valence-corrected chi connectivity index (χ3v) is 2.36. The van der Waals surface area contributed by atoms with Crippen molar-refractivity contribution in [3.63, 3.8) is 0 Å². The summed E-state index contributed by atoms with van der Waals surface area (Å²) in [7, 11) is 1.26. The van der Waals surface area contributed by atoms with Gasteiger partial charge in [0.25, 0.3) is 0 Å². The van der Waals surface area contributed by atoms with Crippen molar-refractivity contribution in [2.24, 2.45) is 5.92 Å². The average Bonchev–Trinajstić information content (AvgIpc) is 2.27. The third-order valence-electron chi connectivity index (χ3n) is 2.36. The summed E-state index contributed by atoms with van der Waals surface area (Å²) in [5, 5.41) is 9.59. The average molecular weight is 222 g/mol. The minimum atomic E-state index is -1.18. The first-order valence-electron chi connectivity index (χ1n) is 5.39. The summed E-state index contributed by atoms with van der Waals surface area (Å²) in [5.74, 6) is -0.0343. The highest BCUT2D eigenvalue weighted by molar-refractivity contribution is 5.76. The predicted molar refractivity (Wildman–Crippen MR) is 62.0 cm³/mol. The van der Waals surface area contributed by atoms with Crippen molar-refractivity contribution < 1.29 is 14.6 Å². The van der Waals surface area contributed by atoms with Crippen molar-refractivity contribution in [3.05, 3.63) is 35.4 Å². The molecule has 0 radical (unpaired) electrons.